The molecule has 0 radical (unpaired) electrons. The minimum atomic E-state index is -0.928. The van der Waals surface area contributed by atoms with E-state index < -0.39 is 17.5 Å². The molecule has 3 amide bonds. The zero-order valence-electron chi connectivity index (χ0n) is 40.0. The molecule has 6 aliphatic heterocycles. The second-order valence-corrected chi connectivity index (χ2v) is 21.4. The van der Waals surface area contributed by atoms with Gasteiger partial charge < -0.3 is 29.6 Å². The molecule has 366 valence electrons. The number of anilines is 2. The van der Waals surface area contributed by atoms with Crippen LogP contribution in [0.25, 0.3) is 32.9 Å². The number of hydrogen-bond donors (Lipinski definition) is 3. The fourth-order valence-electron chi connectivity index (χ4n) is 12.1. The molecule has 8 heterocycles. The van der Waals surface area contributed by atoms with Crippen LogP contribution in [0.4, 0.5) is 15.9 Å². The number of aliphatic hydroxyl groups is 1. The summed E-state index contributed by atoms with van der Waals surface area (Å²) >= 11 is 0. The Morgan fingerprint density at radius 2 is 1.70 bits per heavy atom. The number of likely N-dealkylation sites (tertiary alicyclic amines) is 2. The number of β-amino-alcohol motifs (C(OH)–C–C–N with tert-alkyl or cyclic N) is 1. The average molecular weight is 953 g/mol. The van der Waals surface area contributed by atoms with Crippen molar-refractivity contribution < 1.29 is 33.7 Å². The molecule has 3 N–H and O–H groups in total. The molecular formula is C53H61FN10O6. The maximum atomic E-state index is 17.1. The van der Waals surface area contributed by atoms with Crippen LogP contribution in [0.2, 0.25) is 0 Å². The number of carbonyl (C=O) groups is 3. The quantitative estimate of drug-likeness (QED) is 0.147. The van der Waals surface area contributed by atoms with Crippen LogP contribution in [0, 0.1) is 11.2 Å². The zero-order chi connectivity index (χ0) is 48.1. The summed E-state index contributed by atoms with van der Waals surface area (Å²) in [6.07, 6.45) is 6.45. The molecule has 5 aromatic rings. The number of imide groups is 1. The summed E-state index contributed by atoms with van der Waals surface area (Å²) in [5.74, 6) is -0.888. The molecule has 0 spiro atoms. The summed E-state index contributed by atoms with van der Waals surface area (Å²) in [5, 5.41) is 26.3. The van der Waals surface area contributed by atoms with Crippen LogP contribution in [0.15, 0.2) is 54.7 Å². The Bertz CT molecular complexity index is 2930. The Labute approximate surface area is 406 Å². The Morgan fingerprint density at radius 3 is 2.46 bits per heavy atom. The number of phenols is 1. The molecular weight excluding hydrogens is 892 g/mol. The number of nitrogens with zero attached hydrogens (tertiary/aromatic N) is 9. The number of ether oxygens (including phenoxy) is 1. The summed E-state index contributed by atoms with van der Waals surface area (Å²) in [4.78, 5) is 65.5. The number of piperazine rings is 1. The highest BCUT2D eigenvalue weighted by molar-refractivity contribution is 6.06. The number of nitrogens with one attached hydrogen (secondary N) is 1. The van der Waals surface area contributed by atoms with Gasteiger partial charge in [-0.15, -0.1) is 0 Å². The van der Waals surface area contributed by atoms with Crippen LogP contribution < -0.4 is 19.9 Å². The van der Waals surface area contributed by atoms with E-state index in [1.165, 1.54) is 0 Å². The number of benzene rings is 3. The topological polar surface area (TPSA) is 171 Å². The first-order chi connectivity index (χ1) is 33.8. The molecule has 3 aromatic carbocycles. The van der Waals surface area contributed by atoms with Gasteiger partial charge in [0.25, 0.3) is 5.91 Å². The van der Waals surface area contributed by atoms with Gasteiger partial charge in [0.1, 0.15) is 28.8 Å². The van der Waals surface area contributed by atoms with Gasteiger partial charge in [0.2, 0.25) is 11.8 Å². The number of carbonyl (C=O) groups excluding carboxylic acids is 3. The first-order valence-corrected chi connectivity index (χ1v) is 25.3. The number of aromatic hydroxyl groups is 1. The predicted molar refractivity (Wildman–Crippen MR) is 262 cm³/mol. The first kappa shape index (κ1) is 45.1. The number of piperidine rings is 2. The van der Waals surface area contributed by atoms with Gasteiger partial charge in [0.05, 0.1) is 17.6 Å². The monoisotopic (exact) mass is 952 g/mol. The van der Waals surface area contributed by atoms with E-state index in [-0.39, 0.29) is 52.5 Å². The average Bonchev–Trinajstić information content (AvgIpc) is 4.02. The lowest BCUT2D eigenvalue weighted by Gasteiger charge is -2.55. The van der Waals surface area contributed by atoms with Crippen LogP contribution in [0.3, 0.4) is 0 Å². The van der Waals surface area contributed by atoms with Crippen molar-refractivity contribution in [3.05, 3.63) is 77.2 Å². The first-order valence-electron chi connectivity index (χ1n) is 25.3. The van der Waals surface area contributed by atoms with Gasteiger partial charge in [-0.2, -0.15) is 9.97 Å². The third-order valence-electron chi connectivity index (χ3n) is 16.4. The van der Waals surface area contributed by atoms with Crippen molar-refractivity contribution in [1.29, 1.82) is 0 Å². The maximum absolute atomic E-state index is 17.1. The molecule has 2 atom stereocenters. The largest absolute Gasteiger partial charge is 0.508 e. The molecule has 6 fully saturated rings. The van der Waals surface area contributed by atoms with Gasteiger partial charge in [-0.25, -0.2) is 4.39 Å². The molecule has 70 heavy (non-hydrogen) atoms. The second-order valence-electron chi connectivity index (χ2n) is 21.4. The summed E-state index contributed by atoms with van der Waals surface area (Å²) < 4.78 is 23.6. The van der Waals surface area contributed by atoms with Crippen molar-refractivity contribution >= 4 is 50.9 Å². The molecule has 5 saturated heterocycles. The summed E-state index contributed by atoms with van der Waals surface area (Å²) in [5.41, 5.74) is 3.48. The molecule has 0 unspecified atom stereocenters. The molecule has 1 aliphatic carbocycles. The maximum Gasteiger partial charge on any atom is 0.319 e. The molecule has 12 rings (SSSR count). The van der Waals surface area contributed by atoms with Gasteiger partial charge in [-0.1, -0.05) is 25.1 Å². The summed E-state index contributed by atoms with van der Waals surface area (Å²) in [7, 11) is 0. The van der Waals surface area contributed by atoms with E-state index in [0.29, 0.717) is 73.5 Å². The van der Waals surface area contributed by atoms with Crippen molar-refractivity contribution in [2.24, 2.45) is 5.41 Å². The zero-order valence-corrected chi connectivity index (χ0v) is 40.0. The van der Waals surface area contributed by atoms with Crippen LogP contribution in [-0.4, -0.2) is 165 Å². The Hall–Kier alpha value is -6.01. The molecule has 0 bridgehead atoms. The highest BCUT2D eigenvalue weighted by Gasteiger charge is 2.49. The number of halogens is 1. The standard InChI is InChI=1S/C53H61FN10O6/c1-3-32-6-4-7-33-21-38(65)22-40(44(32)33)46-45(54)47-41(23-55-46)48(62-15-5-12-52(2,69)29-62)58-51(57-47)70-31-53(13-14-53)30-59-25-36(26-59)63-27-37(28-63)61-18-16-60(17-19-61)35-8-9-39-34(20-35)24-64(50(39)68)42-10-11-43(66)56-49(42)67/h4,6-9,20-23,36-37,42,65,69H,3,5,10-19,24-31H2,1-2H3,(H,56,66,67)/t42-,52+/m0/s1. The van der Waals surface area contributed by atoms with Gasteiger partial charge >= 0.3 is 6.01 Å². The number of hydrogen-bond acceptors (Lipinski definition) is 14. The van der Waals surface area contributed by atoms with Gasteiger partial charge in [-0.05, 0) is 97.7 Å². The van der Waals surface area contributed by atoms with Crippen molar-refractivity contribution in [3.8, 4) is 23.0 Å². The lowest BCUT2D eigenvalue weighted by Crippen LogP contribution is -2.71. The fourth-order valence-corrected chi connectivity index (χ4v) is 12.1. The number of pyridine rings is 1. The van der Waals surface area contributed by atoms with E-state index in [0.717, 1.165) is 112 Å². The second kappa shape index (κ2) is 17.4. The van der Waals surface area contributed by atoms with E-state index in [2.05, 4.69) is 42.9 Å². The van der Waals surface area contributed by atoms with E-state index in [9.17, 15) is 24.6 Å². The number of phenolic OH excluding ortho intramolecular Hbond substituents is 1. The van der Waals surface area contributed by atoms with Crippen molar-refractivity contribution in [3.63, 3.8) is 0 Å². The highest BCUT2D eigenvalue weighted by atomic mass is 19.1. The summed E-state index contributed by atoms with van der Waals surface area (Å²) in [6, 6.07) is 15.8. The Morgan fingerprint density at radius 1 is 0.900 bits per heavy atom. The van der Waals surface area contributed by atoms with E-state index in [1.807, 2.05) is 42.2 Å². The van der Waals surface area contributed by atoms with Crippen molar-refractivity contribution in [1.82, 2.24) is 39.9 Å². The van der Waals surface area contributed by atoms with Crippen LogP contribution in [0.1, 0.15) is 73.9 Å². The predicted octanol–water partition coefficient (Wildman–Crippen LogP) is 4.71. The van der Waals surface area contributed by atoms with Gasteiger partial charge in [0, 0.05) is 125 Å². The van der Waals surface area contributed by atoms with Gasteiger partial charge in [-0.3, -0.25) is 39.4 Å². The Kier molecular flexibility index (Phi) is 11.2. The third-order valence-corrected chi connectivity index (χ3v) is 16.4. The van der Waals surface area contributed by atoms with Gasteiger partial charge in [0.15, 0.2) is 5.82 Å². The molecule has 17 heteroatoms. The van der Waals surface area contributed by atoms with Crippen molar-refractivity contribution in [2.45, 2.75) is 89.1 Å². The number of fused-ring (bicyclic) bond motifs is 3. The molecule has 7 aliphatic rings. The smallest absolute Gasteiger partial charge is 0.319 e. The molecule has 2 aromatic heterocycles. The number of aromatic nitrogens is 3. The van der Waals surface area contributed by atoms with E-state index >= 15 is 4.39 Å². The van der Waals surface area contributed by atoms with E-state index in [1.54, 1.807) is 23.2 Å². The van der Waals surface area contributed by atoms with Crippen LogP contribution >= 0.6 is 0 Å². The fraction of sp³-hybridized carbons (Fsp3) is 0.509. The highest BCUT2D eigenvalue weighted by Crippen LogP contribution is 2.48. The number of amides is 3. The number of rotatable bonds is 12. The minimum Gasteiger partial charge on any atom is -0.508 e. The minimum absolute atomic E-state index is 0.0182. The lowest BCUT2D eigenvalue weighted by molar-refractivity contribution is -0.136. The van der Waals surface area contributed by atoms with Crippen LogP contribution in [0.5, 0.6) is 11.8 Å². The van der Waals surface area contributed by atoms with E-state index in [4.69, 9.17) is 14.7 Å². The molecule has 1 saturated carbocycles. The summed E-state index contributed by atoms with van der Waals surface area (Å²) in [6.45, 7) is 14.6. The SMILES string of the molecule is CCc1cccc2cc(O)cc(-c3ncc4c(N5CCC[C@@](C)(O)C5)nc(OCC5(CN6CC(N7CC(N8CCN(c9ccc%10c(c9)CN([C@H]9CCC(=O)NC9=O)C%10=O)CC8)C7)C6)CC5)nc4c3F)c12. The number of aryl methyl sites for hydroxylation is 1. The molecule has 16 nitrogen and oxygen atoms in total. The Balaban J connectivity index is 0.661. The van der Waals surface area contributed by atoms with Crippen molar-refractivity contribution in [2.75, 3.05) is 88.4 Å². The normalized spacial score (nSPS) is 24.5. The third kappa shape index (κ3) is 8.27. The lowest BCUT2D eigenvalue weighted by atomic mass is 9.94. The van der Waals surface area contributed by atoms with Crippen LogP contribution in [-0.2, 0) is 22.6 Å².